The first-order chi connectivity index (χ1) is 10.1. The quantitative estimate of drug-likeness (QED) is 0.718. The van der Waals surface area contributed by atoms with Crippen molar-refractivity contribution in [3.63, 3.8) is 0 Å². The molecular formula is C15H14BrN3OS. The number of aromatic nitrogens is 2. The van der Waals surface area contributed by atoms with Crippen molar-refractivity contribution in [2.45, 2.75) is 13.8 Å². The first-order valence-corrected chi connectivity index (χ1v) is 8.07. The molecule has 0 aliphatic heterocycles. The Labute approximate surface area is 135 Å². The summed E-state index contributed by atoms with van der Waals surface area (Å²) in [6, 6.07) is 7.93. The highest BCUT2D eigenvalue weighted by Crippen LogP contribution is 2.34. The molecule has 0 saturated carbocycles. The molecule has 2 heterocycles. The second-order valence-electron chi connectivity index (χ2n) is 4.69. The van der Waals surface area contributed by atoms with Crippen LogP contribution in [-0.4, -0.2) is 17.0 Å². The van der Waals surface area contributed by atoms with E-state index in [0.29, 0.717) is 11.8 Å². The minimum absolute atomic E-state index is 0.563. The Kier molecular flexibility index (Phi) is 3.82. The van der Waals surface area contributed by atoms with Gasteiger partial charge in [-0.05, 0) is 43.7 Å². The number of benzene rings is 1. The zero-order valence-corrected chi connectivity index (χ0v) is 14.3. The number of nitrogens with zero attached hydrogens (tertiary/aromatic N) is 2. The van der Waals surface area contributed by atoms with Gasteiger partial charge in [-0.1, -0.05) is 15.9 Å². The van der Waals surface area contributed by atoms with Crippen LogP contribution in [0.2, 0.25) is 0 Å². The molecule has 3 aromatic rings. The lowest BCUT2D eigenvalue weighted by Gasteiger charge is -2.09. The topological polar surface area (TPSA) is 47.0 Å². The lowest BCUT2D eigenvalue weighted by Crippen LogP contribution is -1.98. The van der Waals surface area contributed by atoms with Crippen LogP contribution >= 0.6 is 27.3 Å². The third kappa shape index (κ3) is 2.87. The van der Waals surface area contributed by atoms with Gasteiger partial charge in [-0.25, -0.2) is 4.98 Å². The van der Waals surface area contributed by atoms with Crippen LogP contribution in [0.3, 0.4) is 0 Å². The van der Waals surface area contributed by atoms with Crippen molar-refractivity contribution in [3.8, 4) is 11.6 Å². The molecule has 4 nitrogen and oxygen atoms in total. The van der Waals surface area contributed by atoms with E-state index < -0.39 is 0 Å². The predicted molar refractivity (Wildman–Crippen MR) is 90.7 cm³/mol. The number of aryl methyl sites for hydroxylation is 2. The molecule has 3 rings (SSSR count). The van der Waals surface area contributed by atoms with Gasteiger partial charge in [-0.15, -0.1) is 11.3 Å². The number of hydrogen-bond acceptors (Lipinski definition) is 5. The highest BCUT2D eigenvalue weighted by Gasteiger charge is 2.12. The van der Waals surface area contributed by atoms with Crippen LogP contribution in [-0.2, 0) is 0 Å². The van der Waals surface area contributed by atoms with Gasteiger partial charge in [-0.2, -0.15) is 4.98 Å². The molecule has 2 aromatic heterocycles. The summed E-state index contributed by atoms with van der Waals surface area (Å²) in [4.78, 5) is 11.0. The first kappa shape index (κ1) is 14.3. The molecule has 0 bridgehead atoms. The molecule has 0 fully saturated rings. The standard InChI is InChI=1S/C15H14BrN3OS/c1-8-6-10(4-5-12(8)16)20-13-11-7-9(2)21-14(11)19-15(17-3)18-13/h4-7H,1-3H3,(H,17,18,19). The van der Waals surface area contributed by atoms with Crippen molar-refractivity contribution in [2.24, 2.45) is 0 Å². The maximum Gasteiger partial charge on any atom is 0.232 e. The Morgan fingerprint density at radius 2 is 2.00 bits per heavy atom. The Bertz CT molecular complexity index is 816. The second-order valence-corrected chi connectivity index (χ2v) is 6.78. The van der Waals surface area contributed by atoms with Gasteiger partial charge >= 0.3 is 0 Å². The monoisotopic (exact) mass is 363 g/mol. The minimum Gasteiger partial charge on any atom is -0.438 e. The van der Waals surface area contributed by atoms with Gasteiger partial charge in [0.2, 0.25) is 11.8 Å². The molecule has 0 amide bonds. The first-order valence-electron chi connectivity index (χ1n) is 6.47. The molecule has 0 aliphatic carbocycles. The van der Waals surface area contributed by atoms with E-state index in [-0.39, 0.29) is 0 Å². The zero-order valence-electron chi connectivity index (χ0n) is 11.9. The van der Waals surface area contributed by atoms with Crippen LogP contribution in [0.4, 0.5) is 5.95 Å². The Hall–Kier alpha value is -1.66. The van der Waals surface area contributed by atoms with Gasteiger partial charge in [0.1, 0.15) is 10.6 Å². The molecule has 1 aromatic carbocycles. The summed E-state index contributed by atoms with van der Waals surface area (Å²) in [5.41, 5.74) is 1.12. The number of thiophene rings is 1. The largest absolute Gasteiger partial charge is 0.438 e. The smallest absolute Gasteiger partial charge is 0.232 e. The number of halogens is 1. The third-order valence-electron chi connectivity index (χ3n) is 3.05. The normalized spacial score (nSPS) is 10.9. The van der Waals surface area contributed by atoms with Gasteiger partial charge in [0.05, 0.1) is 5.39 Å². The zero-order chi connectivity index (χ0) is 15.0. The number of fused-ring (bicyclic) bond motifs is 1. The highest BCUT2D eigenvalue weighted by atomic mass is 79.9. The van der Waals surface area contributed by atoms with Crippen LogP contribution in [0.25, 0.3) is 10.2 Å². The lowest BCUT2D eigenvalue weighted by molar-refractivity contribution is 0.468. The van der Waals surface area contributed by atoms with Crippen molar-refractivity contribution in [3.05, 3.63) is 39.2 Å². The predicted octanol–water partition coefficient (Wildman–Crippen LogP) is 4.90. The molecular weight excluding hydrogens is 350 g/mol. The van der Waals surface area contributed by atoms with E-state index in [4.69, 9.17) is 4.74 Å². The van der Waals surface area contributed by atoms with Gasteiger partial charge < -0.3 is 10.1 Å². The maximum atomic E-state index is 5.98. The molecule has 0 unspecified atom stereocenters. The molecule has 0 atom stereocenters. The fourth-order valence-corrected chi connectivity index (χ4v) is 3.11. The van der Waals surface area contributed by atoms with Crippen LogP contribution in [0.1, 0.15) is 10.4 Å². The fourth-order valence-electron chi connectivity index (χ4n) is 2.00. The summed E-state index contributed by atoms with van der Waals surface area (Å²) in [5.74, 6) is 1.91. The number of anilines is 1. The maximum absolute atomic E-state index is 5.98. The molecule has 108 valence electrons. The van der Waals surface area contributed by atoms with Crippen molar-refractivity contribution in [1.29, 1.82) is 0 Å². The molecule has 21 heavy (non-hydrogen) atoms. The molecule has 1 N–H and O–H groups in total. The summed E-state index contributed by atoms with van der Waals surface area (Å²) in [7, 11) is 1.80. The number of rotatable bonds is 3. The van der Waals surface area contributed by atoms with Gasteiger partial charge in [0.15, 0.2) is 0 Å². The van der Waals surface area contributed by atoms with Crippen molar-refractivity contribution in [1.82, 2.24) is 9.97 Å². The minimum atomic E-state index is 0.563. The van der Waals surface area contributed by atoms with E-state index in [9.17, 15) is 0 Å². The van der Waals surface area contributed by atoms with E-state index in [2.05, 4.69) is 44.2 Å². The number of hydrogen-bond donors (Lipinski definition) is 1. The summed E-state index contributed by atoms with van der Waals surface area (Å²) >= 11 is 5.12. The molecule has 0 spiro atoms. The van der Waals surface area contributed by atoms with E-state index in [1.807, 2.05) is 25.1 Å². The van der Waals surface area contributed by atoms with Crippen molar-refractivity contribution >= 4 is 43.4 Å². The van der Waals surface area contributed by atoms with E-state index >= 15 is 0 Å². The van der Waals surface area contributed by atoms with Gasteiger partial charge in [0, 0.05) is 16.4 Å². The molecule has 6 heteroatoms. The summed E-state index contributed by atoms with van der Waals surface area (Å²) < 4.78 is 7.04. The summed E-state index contributed by atoms with van der Waals surface area (Å²) in [5, 5.41) is 3.91. The third-order valence-corrected chi connectivity index (χ3v) is 4.88. The lowest BCUT2D eigenvalue weighted by atomic mass is 10.2. The highest BCUT2D eigenvalue weighted by molar-refractivity contribution is 9.10. The van der Waals surface area contributed by atoms with Crippen LogP contribution in [0, 0.1) is 13.8 Å². The van der Waals surface area contributed by atoms with E-state index in [1.165, 1.54) is 4.88 Å². The Morgan fingerprint density at radius 3 is 2.71 bits per heavy atom. The summed E-state index contributed by atoms with van der Waals surface area (Å²) in [6.07, 6.45) is 0. The van der Waals surface area contributed by atoms with Crippen LogP contribution in [0.15, 0.2) is 28.7 Å². The molecule has 0 radical (unpaired) electrons. The Balaban J connectivity index is 2.07. The fraction of sp³-hybridized carbons (Fsp3) is 0.200. The SMILES string of the molecule is CNc1nc(Oc2ccc(Br)c(C)c2)c2cc(C)sc2n1. The van der Waals surface area contributed by atoms with E-state index in [0.717, 1.165) is 26.0 Å². The van der Waals surface area contributed by atoms with Crippen LogP contribution in [0.5, 0.6) is 11.6 Å². The molecule has 0 aliphatic rings. The number of nitrogens with one attached hydrogen (secondary N) is 1. The number of ether oxygens (including phenoxy) is 1. The van der Waals surface area contributed by atoms with Gasteiger partial charge in [-0.3, -0.25) is 0 Å². The summed E-state index contributed by atoms with van der Waals surface area (Å²) in [6.45, 7) is 4.08. The molecule has 0 saturated heterocycles. The average Bonchev–Trinajstić information content (AvgIpc) is 2.83. The average molecular weight is 364 g/mol. The van der Waals surface area contributed by atoms with Crippen molar-refractivity contribution in [2.75, 3.05) is 12.4 Å². The van der Waals surface area contributed by atoms with Crippen molar-refractivity contribution < 1.29 is 4.74 Å². The second kappa shape index (κ2) is 5.61. The van der Waals surface area contributed by atoms with E-state index in [1.54, 1.807) is 18.4 Å². The van der Waals surface area contributed by atoms with Gasteiger partial charge in [0.25, 0.3) is 0 Å². The van der Waals surface area contributed by atoms with Crippen LogP contribution < -0.4 is 10.1 Å². The Morgan fingerprint density at radius 1 is 1.19 bits per heavy atom.